The van der Waals surface area contributed by atoms with E-state index in [1.807, 2.05) is 19.9 Å². The lowest BCUT2D eigenvalue weighted by Gasteiger charge is -2.30. The van der Waals surface area contributed by atoms with Crippen molar-refractivity contribution >= 4 is 45.3 Å². The maximum absolute atomic E-state index is 13.1. The van der Waals surface area contributed by atoms with E-state index < -0.39 is 54.0 Å². The molecule has 2 rings (SSSR count). The van der Waals surface area contributed by atoms with E-state index in [0.29, 0.717) is 18.6 Å². The molecule has 1 fully saturated rings. The summed E-state index contributed by atoms with van der Waals surface area (Å²) in [4.78, 5) is 50.7. The molecule has 0 saturated carbocycles. The quantitative estimate of drug-likeness (QED) is 0.257. The lowest BCUT2D eigenvalue weighted by Crippen LogP contribution is -2.57. The lowest BCUT2D eigenvalue weighted by atomic mass is 9.92. The molecule has 180 valence electrons. The van der Waals surface area contributed by atoms with Crippen molar-refractivity contribution in [1.82, 2.24) is 16.0 Å². The summed E-state index contributed by atoms with van der Waals surface area (Å²) in [5, 5.41) is 18.9. The summed E-state index contributed by atoms with van der Waals surface area (Å²) in [5.41, 5.74) is 0. The van der Waals surface area contributed by atoms with Crippen LogP contribution in [0.15, 0.2) is 12.2 Å². The maximum atomic E-state index is 13.1. The first-order chi connectivity index (χ1) is 15.2. The Balaban J connectivity index is 2.43. The van der Waals surface area contributed by atoms with E-state index in [2.05, 4.69) is 16.0 Å². The number of allylic oxidation sites excluding steroid dienone is 1. The third kappa shape index (κ3) is 8.32. The van der Waals surface area contributed by atoms with Gasteiger partial charge < -0.3 is 25.8 Å². The Hall–Kier alpha value is -1.72. The number of esters is 1. The van der Waals surface area contributed by atoms with Gasteiger partial charge in [-0.25, -0.2) is 0 Å². The topological polar surface area (TPSA) is 134 Å². The predicted molar refractivity (Wildman–Crippen MR) is 125 cm³/mol. The van der Waals surface area contributed by atoms with Crippen molar-refractivity contribution < 1.29 is 29.0 Å². The summed E-state index contributed by atoms with van der Waals surface area (Å²) in [5.74, 6) is -1.09. The average Bonchev–Trinajstić information content (AvgIpc) is 2.73. The van der Waals surface area contributed by atoms with Crippen LogP contribution in [-0.2, 0) is 23.9 Å². The van der Waals surface area contributed by atoms with Crippen LogP contribution >= 0.6 is 21.6 Å². The van der Waals surface area contributed by atoms with Crippen LogP contribution in [0.5, 0.6) is 0 Å². The Morgan fingerprint density at radius 1 is 1.12 bits per heavy atom. The molecule has 6 atom stereocenters. The molecular weight excluding hydrogens is 454 g/mol. The molecule has 2 aliphatic rings. The van der Waals surface area contributed by atoms with Gasteiger partial charge in [-0.1, -0.05) is 47.9 Å². The molecule has 0 aromatic rings. The molecule has 0 spiro atoms. The molecule has 0 aromatic carbocycles. The molecule has 0 radical (unpaired) electrons. The third-order valence-corrected chi connectivity index (χ3v) is 7.91. The first-order valence-electron chi connectivity index (χ1n) is 10.9. The smallest absolute Gasteiger partial charge is 0.309 e. The highest BCUT2D eigenvalue weighted by atomic mass is 33.1. The Morgan fingerprint density at radius 3 is 2.59 bits per heavy atom. The number of aliphatic hydroxyl groups excluding tert-OH is 1. The first kappa shape index (κ1) is 26.5. The predicted octanol–water partition coefficient (Wildman–Crippen LogP) is 0.915. The molecule has 11 heteroatoms. The largest absolute Gasteiger partial charge is 0.457 e. The zero-order valence-electron chi connectivity index (χ0n) is 18.7. The van der Waals surface area contributed by atoms with Gasteiger partial charge >= 0.3 is 5.97 Å². The molecule has 4 N–H and O–H groups in total. The van der Waals surface area contributed by atoms with E-state index in [4.69, 9.17) is 4.74 Å². The maximum Gasteiger partial charge on any atom is 0.309 e. The first-order valence-corrected chi connectivity index (χ1v) is 13.4. The summed E-state index contributed by atoms with van der Waals surface area (Å²) in [6.45, 7) is 5.33. The van der Waals surface area contributed by atoms with Gasteiger partial charge in [-0.15, -0.1) is 0 Å². The number of fused-ring (bicyclic) bond motifs is 7. The van der Waals surface area contributed by atoms with Gasteiger partial charge in [0.2, 0.25) is 17.7 Å². The van der Waals surface area contributed by atoms with Gasteiger partial charge in [0.05, 0.1) is 25.0 Å². The van der Waals surface area contributed by atoms with E-state index in [1.165, 1.54) is 17.7 Å². The van der Waals surface area contributed by atoms with Crippen LogP contribution in [0, 0.1) is 5.92 Å². The average molecular weight is 488 g/mol. The third-order valence-electron chi connectivity index (χ3n) is 5.47. The molecule has 32 heavy (non-hydrogen) atoms. The lowest BCUT2D eigenvalue weighted by molar-refractivity contribution is -0.151. The summed E-state index contributed by atoms with van der Waals surface area (Å²) in [7, 11) is 3.03. The molecule has 3 amide bonds. The Morgan fingerprint density at radius 2 is 1.88 bits per heavy atom. The molecule has 2 heterocycles. The number of carbonyl (C=O) groups excluding carboxylic acids is 4. The van der Waals surface area contributed by atoms with E-state index in [0.717, 1.165) is 5.75 Å². The molecule has 1 saturated heterocycles. The minimum Gasteiger partial charge on any atom is -0.457 e. The van der Waals surface area contributed by atoms with Crippen LogP contribution < -0.4 is 16.0 Å². The van der Waals surface area contributed by atoms with Crippen LogP contribution in [0.4, 0.5) is 0 Å². The summed E-state index contributed by atoms with van der Waals surface area (Å²) < 4.78 is 5.46. The number of ether oxygens (including phenoxy) is 1. The number of hydrogen-bond donors (Lipinski definition) is 4. The molecule has 0 aromatic heterocycles. The van der Waals surface area contributed by atoms with Crippen molar-refractivity contribution in [2.45, 2.75) is 76.8 Å². The molecule has 9 nitrogen and oxygen atoms in total. The fourth-order valence-electron chi connectivity index (χ4n) is 3.37. The highest BCUT2D eigenvalue weighted by molar-refractivity contribution is 8.76. The normalized spacial score (nSPS) is 33.3. The minimum atomic E-state index is -1.17. The highest BCUT2D eigenvalue weighted by Crippen LogP contribution is 2.24. The number of rotatable bonds is 2. The zero-order valence-corrected chi connectivity index (χ0v) is 20.3. The van der Waals surface area contributed by atoms with Crippen LogP contribution in [-0.4, -0.2) is 70.6 Å². The Labute approximate surface area is 196 Å². The monoisotopic (exact) mass is 487 g/mol. The number of amides is 3. The van der Waals surface area contributed by atoms with Crippen LogP contribution in [0.2, 0.25) is 0 Å². The van der Waals surface area contributed by atoms with E-state index in [1.54, 1.807) is 16.9 Å². The van der Waals surface area contributed by atoms with Crippen molar-refractivity contribution in [1.29, 1.82) is 0 Å². The number of aliphatic hydroxyl groups is 1. The van der Waals surface area contributed by atoms with Crippen molar-refractivity contribution in [2.75, 3.05) is 11.5 Å². The molecule has 2 bridgehead atoms. The van der Waals surface area contributed by atoms with Crippen LogP contribution in [0.3, 0.4) is 0 Å². The second-order valence-electron chi connectivity index (χ2n) is 8.10. The minimum absolute atomic E-state index is 0.118. The van der Waals surface area contributed by atoms with Crippen molar-refractivity contribution in [3.63, 3.8) is 0 Å². The fraction of sp³-hybridized carbons (Fsp3) is 0.714. The second-order valence-corrected chi connectivity index (χ2v) is 10.7. The Kier molecular flexibility index (Phi) is 10.9. The zero-order chi connectivity index (χ0) is 23.7. The van der Waals surface area contributed by atoms with Gasteiger partial charge in [0, 0.05) is 11.5 Å². The van der Waals surface area contributed by atoms with Gasteiger partial charge in [0.1, 0.15) is 18.2 Å². The van der Waals surface area contributed by atoms with Gasteiger partial charge in [-0.3, -0.25) is 19.2 Å². The fourth-order valence-corrected chi connectivity index (χ4v) is 5.52. The number of carbonyl (C=O) groups is 4. The van der Waals surface area contributed by atoms with Gasteiger partial charge in [0.25, 0.3) is 0 Å². The van der Waals surface area contributed by atoms with Crippen molar-refractivity contribution in [2.24, 2.45) is 5.92 Å². The van der Waals surface area contributed by atoms with E-state index in [-0.39, 0.29) is 18.8 Å². The molecule has 4 unspecified atom stereocenters. The van der Waals surface area contributed by atoms with E-state index >= 15 is 0 Å². The molecule has 0 aliphatic carbocycles. The number of nitrogens with one attached hydrogen (secondary N) is 3. The molecular formula is C21H33N3O6S2. The van der Waals surface area contributed by atoms with Crippen LogP contribution in [0.25, 0.3) is 0 Å². The van der Waals surface area contributed by atoms with Gasteiger partial charge in [-0.2, -0.15) is 0 Å². The summed E-state index contributed by atoms with van der Waals surface area (Å²) in [6.07, 6.45) is 2.41. The van der Waals surface area contributed by atoms with Crippen molar-refractivity contribution in [3.05, 3.63) is 12.2 Å². The standard InChI is InChI=1S/C21H33N3O6S2/c1-4-12(2)19-16(25)10-18(27)30-14-7-5-6-8-31-32-11-15(21(29)24-19)23-20(28)13(3)22-17(26)9-14/h5,7,12-16,19,25H,4,6,8-11H2,1-3H3,(H,22,26)(H,23,28)(H,24,29)/b7-5+/t12?,13?,14-,15?,16+,19?/m1/s1. The van der Waals surface area contributed by atoms with Gasteiger partial charge in [-0.05, 0) is 25.3 Å². The highest BCUT2D eigenvalue weighted by Gasteiger charge is 2.33. The second kappa shape index (κ2) is 13.1. The SMILES string of the molecule is CCC(C)C1NC(=O)C2CSSCC/C=C/[C@H](CC(=O)NC(C)C(=O)N2)OC(=O)C[C@@H]1O. The van der Waals surface area contributed by atoms with Crippen LogP contribution in [0.1, 0.15) is 46.5 Å². The summed E-state index contributed by atoms with van der Waals surface area (Å²) in [6, 6.07) is -2.42. The van der Waals surface area contributed by atoms with E-state index in [9.17, 15) is 24.3 Å². The Bertz CT molecular complexity index is 720. The molecule has 2 aliphatic heterocycles. The van der Waals surface area contributed by atoms with Gasteiger partial charge in [0.15, 0.2) is 0 Å². The number of hydrogen-bond acceptors (Lipinski definition) is 8. The summed E-state index contributed by atoms with van der Waals surface area (Å²) >= 11 is 0. The van der Waals surface area contributed by atoms with Crippen molar-refractivity contribution in [3.8, 4) is 0 Å².